The van der Waals surface area contributed by atoms with Crippen LogP contribution in [0.25, 0.3) is 0 Å². The number of nitrogens with zero attached hydrogens (tertiary/aromatic N) is 4. The van der Waals surface area contributed by atoms with Crippen LogP contribution in [-0.2, 0) is 11.2 Å². The molecule has 25 heavy (non-hydrogen) atoms. The summed E-state index contributed by atoms with van der Waals surface area (Å²) in [5.41, 5.74) is 0. The van der Waals surface area contributed by atoms with E-state index in [0.717, 1.165) is 44.1 Å². The van der Waals surface area contributed by atoms with Gasteiger partial charge in [0.1, 0.15) is 0 Å². The Balaban J connectivity index is 1.42. The number of aromatic nitrogens is 2. The summed E-state index contributed by atoms with van der Waals surface area (Å²) in [5.74, 6) is 2.50. The van der Waals surface area contributed by atoms with Crippen molar-refractivity contribution in [3.05, 3.63) is 11.7 Å². The van der Waals surface area contributed by atoms with Crippen molar-refractivity contribution in [2.75, 3.05) is 19.6 Å². The number of hydrogen-bond acceptors (Lipinski definition) is 5. The molecular weight excluding hydrogens is 316 g/mol. The van der Waals surface area contributed by atoms with Crippen molar-refractivity contribution >= 4 is 5.91 Å². The first kappa shape index (κ1) is 17.0. The van der Waals surface area contributed by atoms with Gasteiger partial charge in [-0.2, -0.15) is 4.98 Å². The summed E-state index contributed by atoms with van der Waals surface area (Å²) in [7, 11) is 0. The summed E-state index contributed by atoms with van der Waals surface area (Å²) in [6.45, 7) is 4.42. The van der Waals surface area contributed by atoms with Crippen molar-refractivity contribution in [1.29, 1.82) is 0 Å². The molecule has 2 saturated heterocycles. The Morgan fingerprint density at radius 1 is 1.12 bits per heavy atom. The Kier molecular flexibility index (Phi) is 5.06. The fourth-order valence-corrected chi connectivity index (χ4v) is 5.05. The highest BCUT2D eigenvalue weighted by molar-refractivity contribution is 5.79. The minimum absolute atomic E-state index is 0.139. The van der Waals surface area contributed by atoms with E-state index in [1.54, 1.807) is 0 Å². The number of carbonyl (C=O) groups is 1. The van der Waals surface area contributed by atoms with E-state index in [1.165, 1.54) is 38.5 Å². The molecule has 1 aliphatic carbocycles. The largest absolute Gasteiger partial charge is 0.339 e. The summed E-state index contributed by atoms with van der Waals surface area (Å²) in [4.78, 5) is 22.0. The van der Waals surface area contributed by atoms with Crippen molar-refractivity contribution in [1.82, 2.24) is 19.9 Å². The number of rotatable bonds is 4. The Labute approximate surface area is 149 Å². The second-order valence-electron chi connectivity index (χ2n) is 7.87. The van der Waals surface area contributed by atoms with Gasteiger partial charge in [0.05, 0.1) is 12.6 Å². The van der Waals surface area contributed by atoms with Crippen LogP contribution in [-0.4, -0.2) is 51.5 Å². The minimum Gasteiger partial charge on any atom is -0.339 e. The van der Waals surface area contributed by atoms with Gasteiger partial charge in [0.25, 0.3) is 0 Å². The van der Waals surface area contributed by atoms with Crippen LogP contribution in [0.2, 0.25) is 0 Å². The van der Waals surface area contributed by atoms with E-state index in [1.807, 2.05) is 6.92 Å². The molecule has 0 spiro atoms. The van der Waals surface area contributed by atoms with Gasteiger partial charge in [0, 0.05) is 19.0 Å². The Morgan fingerprint density at radius 2 is 1.92 bits per heavy atom. The third kappa shape index (κ3) is 3.46. The molecular formula is C19H30N4O2. The van der Waals surface area contributed by atoms with Crippen LogP contribution in [0.15, 0.2) is 4.52 Å². The fourth-order valence-electron chi connectivity index (χ4n) is 5.05. The van der Waals surface area contributed by atoms with E-state index >= 15 is 0 Å². The van der Waals surface area contributed by atoms with Gasteiger partial charge >= 0.3 is 0 Å². The first-order chi connectivity index (χ1) is 12.3. The minimum atomic E-state index is 0.139. The lowest BCUT2D eigenvalue weighted by atomic mass is 9.78. The maximum atomic E-state index is 13.1. The highest BCUT2D eigenvalue weighted by Gasteiger charge is 2.38. The molecule has 1 aromatic heterocycles. The third-order valence-electron chi connectivity index (χ3n) is 6.35. The molecule has 2 aliphatic heterocycles. The molecule has 3 atom stereocenters. The number of hydrogen-bond donors (Lipinski definition) is 0. The average molecular weight is 346 g/mol. The zero-order valence-corrected chi connectivity index (χ0v) is 15.3. The molecule has 1 saturated carbocycles. The van der Waals surface area contributed by atoms with E-state index in [-0.39, 0.29) is 6.04 Å². The Bertz CT molecular complexity index is 600. The molecule has 3 aliphatic rings. The average Bonchev–Trinajstić information content (AvgIpc) is 3.30. The highest BCUT2D eigenvalue weighted by atomic mass is 16.5. The van der Waals surface area contributed by atoms with Gasteiger partial charge in [-0.25, -0.2) is 0 Å². The lowest BCUT2D eigenvalue weighted by Gasteiger charge is -2.44. The van der Waals surface area contributed by atoms with E-state index < -0.39 is 0 Å². The number of likely N-dealkylation sites (tertiary alicyclic amines) is 2. The van der Waals surface area contributed by atoms with Gasteiger partial charge in [0.2, 0.25) is 11.8 Å². The molecule has 0 bridgehead atoms. The molecule has 3 heterocycles. The van der Waals surface area contributed by atoms with E-state index in [0.29, 0.717) is 24.4 Å². The normalized spacial score (nSPS) is 30.4. The van der Waals surface area contributed by atoms with Crippen molar-refractivity contribution in [2.24, 2.45) is 5.92 Å². The second-order valence-corrected chi connectivity index (χ2v) is 7.87. The molecule has 4 rings (SSSR count). The molecule has 0 radical (unpaired) electrons. The van der Waals surface area contributed by atoms with Crippen molar-refractivity contribution in [3.8, 4) is 0 Å². The predicted octanol–water partition coefficient (Wildman–Crippen LogP) is 2.95. The van der Waals surface area contributed by atoms with Crippen LogP contribution in [0.5, 0.6) is 0 Å². The van der Waals surface area contributed by atoms with Gasteiger partial charge in [-0.3, -0.25) is 9.69 Å². The quantitative estimate of drug-likeness (QED) is 0.839. The number of aryl methyl sites for hydroxylation is 1. The molecule has 1 amide bonds. The standard InChI is InChI=1S/C19H30N4O2/c1-2-17-20-19(21-25-17)16-10-6-11-22(16)13-18(24)23-12-5-8-14-7-3-4-9-15(14)23/h14-16H,2-13H2,1H3/t14-,15-,16+/m1/s1. The maximum absolute atomic E-state index is 13.1. The van der Waals surface area contributed by atoms with Gasteiger partial charge in [-0.05, 0) is 51.0 Å². The van der Waals surface area contributed by atoms with E-state index in [2.05, 4.69) is 19.9 Å². The summed E-state index contributed by atoms with van der Waals surface area (Å²) in [5, 5.41) is 4.15. The third-order valence-corrected chi connectivity index (χ3v) is 6.35. The van der Waals surface area contributed by atoms with Crippen LogP contribution < -0.4 is 0 Å². The van der Waals surface area contributed by atoms with Crippen LogP contribution in [0.3, 0.4) is 0 Å². The fraction of sp³-hybridized carbons (Fsp3) is 0.842. The maximum Gasteiger partial charge on any atom is 0.237 e. The lowest BCUT2D eigenvalue weighted by molar-refractivity contribution is -0.139. The van der Waals surface area contributed by atoms with Crippen molar-refractivity contribution < 1.29 is 9.32 Å². The molecule has 1 aromatic rings. The Morgan fingerprint density at radius 3 is 2.76 bits per heavy atom. The first-order valence-electron chi connectivity index (χ1n) is 10.1. The number of amides is 1. The van der Waals surface area contributed by atoms with E-state index in [9.17, 15) is 4.79 Å². The lowest BCUT2D eigenvalue weighted by Crippen LogP contribution is -2.52. The van der Waals surface area contributed by atoms with Crippen LogP contribution in [0.4, 0.5) is 0 Å². The van der Waals surface area contributed by atoms with Crippen molar-refractivity contribution in [3.63, 3.8) is 0 Å². The topological polar surface area (TPSA) is 62.5 Å². The zero-order valence-electron chi connectivity index (χ0n) is 15.3. The Hall–Kier alpha value is -1.43. The second kappa shape index (κ2) is 7.44. The van der Waals surface area contributed by atoms with Gasteiger partial charge in [-0.15, -0.1) is 0 Å². The number of piperidine rings is 1. The van der Waals surface area contributed by atoms with Crippen LogP contribution in [0.1, 0.15) is 76.0 Å². The molecule has 6 heteroatoms. The molecule has 138 valence electrons. The molecule has 6 nitrogen and oxygen atoms in total. The van der Waals surface area contributed by atoms with Gasteiger partial charge < -0.3 is 9.42 Å². The monoisotopic (exact) mass is 346 g/mol. The molecule has 0 aromatic carbocycles. The SMILES string of the molecule is CCc1nc([C@@H]2CCCN2CC(=O)N2CCC[C@H]3CCCC[C@H]32)no1. The summed E-state index contributed by atoms with van der Waals surface area (Å²) < 4.78 is 5.28. The van der Waals surface area contributed by atoms with E-state index in [4.69, 9.17) is 4.52 Å². The predicted molar refractivity (Wildman–Crippen MR) is 93.9 cm³/mol. The van der Waals surface area contributed by atoms with Gasteiger partial charge in [-0.1, -0.05) is 24.9 Å². The highest BCUT2D eigenvalue weighted by Crippen LogP contribution is 2.36. The molecule has 0 N–H and O–H groups in total. The van der Waals surface area contributed by atoms with Gasteiger partial charge in [0.15, 0.2) is 5.82 Å². The smallest absolute Gasteiger partial charge is 0.237 e. The molecule has 3 fully saturated rings. The van der Waals surface area contributed by atoms with Crippen molar-refractivity contribution in [2.45, 2.75) is 76.8 Å². The summed E-state index contributed by atoms with van der Waals surface area (Å²) in [6, 6.07) is 0.632. The zero-order chi connectivity index (χ0) is 17.2. The van der Waals surface area contributed by atoms with Crippen LogP contribution in [0, 0.1) is 5.92 Å². The number of fused-ring (bicyclic) bond motifs is 1. The molecule has 0 unspecified atom stereocenters. The number of carbonyl (C=O) groups excluding carboxylic acids is 1. The summed E-state index contributed by atoms with van der Waals surface area (Å²) >= 11 is 0. The summed E-state index contributed by atoms with van der Waals surface area (Å²) in [6.07, 6.45) is 10.5. The van der Waals surface area contributed by atoms with Crippen LogP contribution >= 0.6 is 0 Å². The first-order valence-corrected chi connectivity index (χ1v) is 10.1.